The summed E-state index contributed by atoms with van der Waals surface area (Å²) in [5.41, 5.74) is 6.26. The summed E-state index contributed by atoms with van der Waals surface area (Å²) in [6, 6.07) is 7.12. The summed E-state index contributed by atoms with van der Waals surface area (Å²) in [5, 5.41) is 0.380. The van der Waals surface area contributed by atoms with Crippen LogP contribution in [-0.4, -0.2) is 38.3 Å². The number of nitrogens with two attached hydrogens (primary N) is 1. The van der Waals surface area contributed by atoms with Gasteiger partial charge in [-0.1, -0.05) is 18.6 Å². The zero-order chi connectivity index (χ0) is 15.3. The van der Waals surface area contributed by atoms with E-state index in [4.69, 9.17) is 10.5 Å². The maximum Gasteiger partial charge on any atom is 0.215 e. The van der Waals surface area contributed by atoms with Gasteiger partial charge in [0.2, 0.25) is 10.0 Å². The lowest BCUT2D eigenvalue weighted by Gasteiger charge is -2.19. The quantitative estimate of drug-likeness (QED) is 0.746. The third kappa shape index (κ3) is 4.79. The van der Waals surface area contributed by atoms with Crippen molar-refractivity contribution in [2.75, 3.05) is 24.3 Å². The number of hydrogen-bond acceptors (Lipinski definition) is 5. The Morgan fingerprint density at radius 3 is 2.86 bits per heavy atom. The number of anilines is 1. The molecule has 1 fully saturated rings. The zero-order valence-electron chi connectivity index (χ0n) is 12.1. The lowest BCUT2D eigenvalue weighted by atomic mass is 10.3. The summed E-state index contributed by atoms with van der Waals surface area (Å²) in [6.07, 6.45) is 5.09. The van der Waals surface area contributed by atoms with E-state index in [2.05, 4.69) is 4.72 Å². The van der Waals surface area contributed by atoms with Crippen LogP contribution in [0.25, 0.3) is 0 Å². The highest BCUT2D eigenvalue weighted by molar-refractivity contribution is 7.99. The first kappa shape index (κ1) is 16.5. The summed E-state index contributed by atoms with van der Waals surface area (Å²) in [7, 11) is -3.32. The van der Waals surface area contributed by atoms with Gasteiger partial charge in [-0.3, -0.25) is 0 Å². The number of thioether (sulfide) groups is 1. The van der Waals surface area contributed by atoms with Crippen LogP contribution >= 0.6 is 11.8 Å². The summed E-state index contributed by atoms with van der Waals surface area (Å²) in [4.78, 5) is 0. The monoisotopic (exact) mass is 330 g/mol. The van der Waals surface area contributed by atoms with Crippen molar-refractivity contribution in [2.45, 2.75) is 30.6 Å². The molecule has 3 N–H and O–H groups in total. The number of ether oxygens (including phenoxy) is 1. The number of benzene rings is 1. The number of hydrogen-bond donors (Lipinski definition) is 2. The van der Waals surface area contributed by atoms with Crippen LogP contribution < -0.4 is 15.2 Å². The predicted molar refractivity (Wildman–Crippen MR) is 88.2 cm³/mol. The highest BCUT2D eigenvalue weighted by atomic mass is 32.2. The van der Waals surface area contributed by atoms with Gasteiger partial charge < -0.3 is 10.5 Å². The molecule has 0 aromatic heterocycles. The average molecular weight is 330 g/mol. The third-order valence-electron chi connectivity index (χ3n) is 3.61. The average Bonchev–Trinajstić information content (AvgIpc) is 2.87. The van der Waals surface area contributed by atoms with Crippen LogP contribution in [0, 0.1) is 0 Å². The Bertz CT molecular complexity index is 563. The minimum Gasteiger partial charge on any atom is -0.490 e. The highest BCUT2D eigenvalue weighted by Gasteiger charge is 2.29. The Morgan fingerprint density at radius 2 is 2.14 bits per heavy atom. The molecule has 0 bridgehead atoms. The Hall–Kier alpha value is -0.920. The number of para-hydroxylation sites is 2. The van der Waals surface area contributed by atoms with Crippen LogP contribution in [0.2, 0.25) is 0 Å². The maximum atomic E-state index is 12.1. The van der Waals surface area contributed by atoms with E-state index in [1.807, 2.05) is 12.3 Å². The van der Waals surface area contributed by atoms with Crippen molar-refractivity contribution in [1.29, 1.82) is 0 Å². The Morgan fingerprint density at radius 1 is 1.38 bits per heavy atom. The van der Waals surface area contributed by atoms with E-state index in [1.54, 1.807) is 30.0 Å². The minimum atomic E-state index is -3.32. The van der Waals surface area contributed by atoms with Crippen LogP contribution in [0.3, 0.4) is 0 Å². The maximum absolute atomic E-state index is 12.1. The lowest BCUT2D eigenvalue weighted by Crippen LogP contribution is -2.40. The molecule has 5 nitrogen and oxygen atoms in total. The van der Waals surface area contributed by atoms with Crippen LogP contribution in [0.1, 0.15) is 19.3 Å². The van der Waals surface area contributed by atoms with Gasteiger partial charge in [-0.05, 0) is 31.2 Å². The molecule has 0 saturated heterocycles. The smallest absolute Gasteiger partial charge is 0.215 e. The first-order valence-corrected chi connectivity index (χ1v) is 9.96. The molecule has 2 unspecified atom stereocenters. The first-order valence-electron chi connectivity index (χ1n) is 7.02. The number of rotatable bonds is 7. The van der Waals surface area contributed by atoms with Crippen molar-refractivity contribution in [1.82, 2.24) is 4.72 Å². The summed E-state index contributed by atoms with van der Waals surface area (Å²) < 4.78 is 32.4. The molecular weight excluding hydrogens is 308 g/mol. The summed E-state index contributed by atoms with van der Waals surface area (Å²) >= 11 is 1.73. The second-order valence-corrected chi connectivity index (χ2v) is 8.08. The molecule has 0 radical (unpaired) electrons. The number of nitrogens with one attached hydrogen (secondary N) is 1. The number of nitrogen functional groups attached to an aromatic ring is 1. The van der Waals surface area contributed by atoms with Crippen LogP contribution in [0.5, 0.6) is 5.75 Å². The van der Waals surface area contributed by atoms with Crippen molar-refractivity contribution in [3.63, 3.8) is 0 Å². The van der Waals surface area contributed by atoms with Crippen LogP contribution in [0.4, 0.5) is 5.69 Å². The topological polar surface area (TPSA) is 81.4 Å². The van der Waals surface area contributed by atoms with Gasteiger partial charge in [-0.2, -0.15) is 11.8 Å². The van der Waals surface area contributed by atoms with Crippen molar-refractivity contribution in [3.05, 3.63) is 24.3 Å². The molecule has 1 aliphatic rings. The highest BCUT2D eigenvalue weighted by Crippen LogP contribution is 2.28. The summed E-state index contributed by atoms with van der Waals surface area (Å²) in [6.45, 7) is 0.0974. The van der Waals surface area contributed by atoms with Crippen LogP contribution in [-0.2, 0) is 10.0 Å². The Kier molecular flexibility index (Phi) is 5.78. The van der Waals surface area contributed by atoms with Gasteiger partial charge in [-0.25, -0.2) is 13.1 Å². The first-order chi connectivity index (χ1) is 10.0. The van der Waals surface area contributed by atoms with Gasteiger partial charge >= 0.3 is 0 Å². The van der Waals surface area contributed by atoms with E-state index in [1.165, 1.54) is 0 Å². The van der Waals surface area contributed by atoms with Gasteiger partial charge in [0.05, 0.1) is 11.4 Å². The summed E-state index contributed by atoms with van der Waals surface area (Å²) in [5.74, 6) is 0.467. The van der Waals surface area contributed by atoms with Gasteiger partial charge in [-0.15, -0.1) is 0 Å². The molecule has 1 aromatic carbocycles. The Labute approximate surface area is 130 Å². The van der Waals surface area contributed by atoms with Gasteiger partial charge in [0.1, 0.15) is 12.4 Å². The van der Waals surface area contributed by atoms with E-state index in [9.17, 15) is 8.42 Å². The predicted octanol–water partition coefficient (Wildman–Crippen LogP) is 1.85. The molecule has 0 aliphatic heterocycles. The fourth-order valence-electron chi connectivity index (χ4n) is 2.51. The largest absolute Gasteiger partial charge is 0.490 e. The lowest BCUT2D eigenvalue weighted by molar-refractivity contribution is 0.342. The van der Waals surface area contributed by atoms with Crippen molar-refractivity contribution < 1.29 is 13.2 Å². The van der Waals surface area contributed by atoms with Gasteiger partial charge in [0.15, 0.2) is 0 Å². The van der Waals surface area contributed by atoms with E-state index in [-0.39, 0.29) is 18.4 Å². The second-order valence-electron chi connectivity index (χ2n) is 5.13. The fraction of sp³-hybridized carbons (Fsp3) is 0.571. The Balaban J connectivity index is 1.83. The second kappa shape index (κ2) is 7.38. The minimum absolute atomic E-state index is 0.0480. The molecule has 2 rings (SSSR count). The van der Waals surface area contributed by atoms with E-state index >= 15 is 0 Å². The normalized spacial score (nSPS) is 22.3. The molecule has 21 heavy (non-hydrogen) atoms. The molecule has 7 heteroatoms. The molecule has 2 atom stereocenters. The van der Waals surface area contributed by atoms with Gasteiger partial charge in [0, 0.05) is 11.3 Å². The van der Waals surface area contributed by atoms with E-state index in [0.717, 1.165) is 19.3 Å². The van der Waals surface area contributed by atoms with Crippen molar-refractivity contribution in [3.8, 4) is 5.75 Å². The molecule has 118 valence electrons. The van der Waals surface area contributed by atoms with Gasteiger partial charge in [0.25, 0.3) is 0 Å². The molecule has 1 aromatic rings. The molecular formula is C14H22N2O3S2. The fourth-order valence-corrected chi connectivity index (χ4v) is 4.69. The number of sulfonamides is 1. The van der Waals surface area contributed by atoms with Crippen molar-refractivity contribution in [2.24, 2.45) is 0 Å². The molecule has 0 heterocycles. The molecule has 1 saturated carbocycles. The molecule has 1 aliphatic carbocycles. The third-order valence-corrected chi connectivity index (χ3v) is 6.15. The molecule has 0 amide bonds. The van der Waals surface area contributed by atoms with Crippen molar-refractivity contribution >= 4 is 27.5 Å². The van der Waals surface area contributed by atoms with E-state index < -0.39 is 10.0 Å². The zero-order valence-corrected chi connectivity index (χ0v) is 13.8. The standard InChI is InChI=1S/C14H22N2O3S2/c1-20-14-8-4-6-12(14)16-21(17,18)10-9-19-13-7-3-2-5-11(13)15/h2-3,5,7,12,14,16H,4,6,8-10,15H2,1H3. The SMILES string of the molecule is CSC1CCCC1NS(=O)(=O)CCOc1ccccc1N. The molecule has 0 spiro atoms. The van der Waals surface area contributed by atoms with Crippen LogP contribution in [0.15, 0.2) is 24.3 Å². The van der Waals surface area contributed by atoms with E-state index in [0.29, 0.717) is 16.7 Å².